The highest BCUT2D eigenvalue weighted by atomic mass is 32.1. The maximum Gasteiger partial charge on any atom is 0.341 e. The summed E-state index contributed by atoms with van der Waals surface area (Å²) in [6.45, 7) is 6.60. The van der Waals surface area contributed by atoms with Crippen LogP contribution in [0.2, 0.25) is 0 Å². The van der Waals surface area contributed by atoms with E-state index in [-0.39, 0.29) is 17.4 Å². The minimum Gasteiger partial charge on any atom is -0.465 e. The zero-order valence-corrected chi connectivity index (χ0v) is 17.3. The third kappa shape index (κ3) is 4.84. The Morgan fingerprint density at radius 2 is 1.96 bits per heavy atom. The van der Waals surface area contributed by atoms with E-state index in [1.54, 1.807) is 17.9 Å². The molecule has 2 aromatic heterocycles. The van der Waals surface area contributed by atoms with E-state index in [4.69, 9.17) is 4.74 Å². The number of nitrogens with one attached hydrogen (secondary N) is 1. The van der Waals surface area contributed by atoms with E-state index in [0.29, 0.717) is 28.5 Å². The van der Waals surface area contributed by atoms with Crippen molar-refractivity contribution in [2.24, 2.45) is 0 Å². The normalized spacial score (nSPS) is 10.8. The van der Waals surface area contributed by atoms with Crippen molar-refractivity contribution in [3.05, 3.63) is 44.5 Å². The Bertz CT molecular complexity index is 849. The smallest absolute Gasteiger partial charge is 0.341 e. The number of thiophene rings is 2. The van der Waals surface area contributed by atoms with Crippen molar-refractivity contribution in [3.8, 4) is 0 Å². The maximum absolute atomic E-state index is 12.7. The fourth-order valence-corrected chi connectivity index (χ4v) is 4.29. The van der Waals surface area contributed by atoms with Crippen molar-refractivity contribution >= 4 is 51.5 Å². The second kappa shape index (κ2) is 9.48. The first-order valence-corrected chi connectivity index (χ1v) is 10.2. The van der Waals surface area contributed by atoms with Gasteiger partial charge in [0.2, 0.25) is 5.91 Å². The standard InChI is InChI=1S/C19H22N2O4S2/c1-5-21(6-2)18(23)16-12(3)15(19(24)25-4)17(27-16)20-14(22)10-9-13-8-7-11-26-13/h7-11H,5-6H2,1-4H3,(H,20,22). The molecule has 0 fully saturated rings. The molecule has 0 saturated heterocycles. The lowest BCUT2D eigenvalue weighted by molar-refractivity contribution is -0.111. The van der Waals surface area contributed by atoms with Gasteiger partial charge < -0.3 is 15.0 Å². The molecule has 2 rings (SSSR count). The van der Waals surface area contributed by atoms with Gasteiger partial charge in [0.05, 0.1) is 17.6 Å². The molecule has 2 heterocycles. The van der Waals surface area contributed by atoms with Gasteiger partial charge in [-0.15, -0.1) is 22.7 Å². The zero-order valence-electron chi connectivity index (χ0n) is 15.7. The van der Waals surface area contributed by atoms with Crippen molar-refractivity contribution in [2.75, 3.05) is 25.5 Å². The first-order valence-electron chi connectivity index (χ1n) is 8.46. The average Bonchev–Trinajstić information content (AvgIpc) is 3.28. The maximum atomic E-state index is 12.7. The van der Waals surface area contributed by atoms with Crippen molar-refractivity contribution in [2.45, 2.75) is 20.8 Å². The Labute approximate surface area is 166 Å². The number of nitrogens with zero attached hydrogens (tertiary/aromatic N) is 1. The van der Waals surface area contributed by atoms with E-state index in [0.717, 1.165) is 16.2 Å². The summed E-state index contributed by atoms with van der Waals surface area (Å²) in [6, 6.07) is 3.79. The molecule has 0 bridgehead atoms. The van der Waals surface area contributed by atoms with Crippen LogP contribution in [0.1, 0.15) is 44.3 Å². The summed E-state index contributed by atoms with van der Waals surface area (Å²) in [7, 11) is 1.27. The fourth-order valence-electron chi connectivity index (χ4n) is 2.51. The summed E-state index contributed by atoms with van der Waals surface area (Å²) in [5.74, 6) is -1.13. The number of carbonyl (C=O) groups is 3. The van der Waals surface area contributed by atoms with Gasteiger partial charge in [-0.25, -0.2) is 4.79 Å². The number of hydrogen-bond acceptors (Lipinski definition) is 6. The van der Waals surface area contributed by atoms with Crippen LogP contribution in [-0.2, 0) is 9.53 Å². The van der Waals surface area contributed by atoms with Crippen molar-refractivity contribution < 1.29 is 19.1 Å². The lowest BCUT2D eigenvalue weighted by Crippen LogP contribution is -2.30. The number of anilines is 1. The molecule has 0 aliphatic rings. The van der Waals surface area contributed by atoms with E-state index in [1.807, 2.05) is 31.4 Å². The van der Waals surface area contributed by atoms with Crippen molar-refractivity contribution in [1.29, 1.82) is 0 Å². The van der Waals surface area contributed by atoms with Gasteiger partial charge in [0.25, 0.3) is 5.91 Å². The minimum absolute atomic E-state index is 0.165. The van der Waals surface area contributed by atoms with Crippen LogP contribution in [0.15, 0.2) is 23.6 Å². The second-order valence-corrected chi connectivity index (χ2v) is 7.57. The Kier molecular flexibility index (Phi) is 7.32. The van der Waals surface area contributed by atoms with Gasteiger partial charge >= 0.3 is 5.97 Å². The van der Waals surface area contributed by atoms with Gasteiger partial charge in [0.1, 0.15) is 5.00 Å². The molecule has 0 atom stereocenters. The molecule has 2 amide bonds. The molecule has 0 aromatic carbocycles. The molecule has 1 N–H and O–H groups in total. The molecule has 0 spiro atoms. The fraction of sp³-hybridized carbons (Fsp3) is 0.316. The lowest BCUT2D eigenvalue weighted by atomic mass is 10.1. The van der Waals surface area contributed by atoms with E-state index in [9.17, 15) is 14.4 Å². The highest BCUT2D eigenvalue weighted by Gasteiger charge is 2.27. The van der Waals surface area contributed by atoms with Crippen LogP contribution in [0.3, 0.4) is 0 Å². The van der Waals surface area contributed by atoms with E-state index < -0.39 is 5.97 Å². The molecule has 0 saturated carbocycles. The molecule has 0 aliphatic heterocycles. The van der Waals surface area contributed by atoms with Crippen LogP contribution >= 0.6 is 22.7 Å². The Hall–Kier alpha value is -2.45. The predicted octanol–water partition coefficient (Wildman–Crippen LogP) is 4.04. The van der Waals surface area contributed by atoms with Gasteiger partial charge in [-0.2, -0.15) is 0 Å². The van der Waals surface area contributed by atoms with Gasteiger partial charge in [-0.05, 0) is 43.9 Å². The van der Waals surface area contributed by atoms with Gasteiger partial charge in [0, 0.05) is 24.0 Å². The first kappa shape index (κ1) is 20.9. The van der Waals surface area contributed by atoms with E-state index in [2.05, 4.69) is 5.32 Å². The van der Waals surface area contributed by atoms with Crippen LogP contribution < -0.4 is 5.32 Å². The molecule has 8 heteroatoms. The largest absolute Gasteiger partial charge is 0.465 e. The number of rotatable bonds is 7. The van der Waals surface area contributed by atoms with Crippen LogP contribution in [-0.4, -0.2) is 42.9 Å². The van der Waals surface area contributed by atoms with Crippen molar-refractivity contribution in [3.63, 3.8) is 0 Å². The van der Waals surface area contributed by atoms with Crippen molar-refractivity contribution in [1.82, 2.24) is 4.90 Å². The molecule has 0 unspecified atom stereocenters. The van der Waals surface area contributed by atoms with Gasteiger partial charge in [-0.3, -0.25) is 9.59 Å². The molecular weight excluding hydrogens is 384 g/mol. The molecule has 6 nitrogen and oxygen atoms in total. The number of carbonyl (C=O) groups excluding carboxylic acids is 3. The summed E-state index contributed by atoms with van der Waals surface area (Å²) in [5.41, 5.74) is 0.733. The topological polar surface area (TPSA) is 75.7 Å². The Morgan fingerprint density at radius 3 is 2.52 bits per heavy atom. The number of hydrogen-bond donors (Lipinski definition) is 1. The summed E-state index contributed by atoms with van der Waals surface area (Å²) in [4.78, 5) is 40.3. The molecule has 2 aromatic rings. The minimum atomic E-state index is -0.583. The SMILES string of the molecule is CCN(CC)C(=O)c1sc(NC(=O)C=Cc2cccs2)c(C(=O)OC)c1C. The third-order valence-corrected chi connectivity index (χ3v) is 5.99. The number of ether oxygens (including phenoxy) is 1. The summed E-state index contributed by atoms with van der Waals surface area (Å²) < 4.78 is 4.84. The monoisotopic (exact) mass is 406 g/mol. The summed E-state index contributed by atoms with van der Waals surface area (Å²) in [6.07, 6.45) is 3.09. The molecule has 144 valence electrons. The summed E-state index contributed by atoms with van der Waals surface area (Å²) in [5, 5.41) is 4.94. The molecule has 0 radical (unpaired) electrons. The number of esters is 1. The second-order valence-electron chi connectivity index (χ2n) is 5.57. The van der Waals surface area contributed by atoms with Gasteiger partial charge in [0.15, 0.2) is 0 Å². The van der Waals surface area contributed by atoms with Crippen LogP contribution in [0, 0.1) is 6.92 Å². The van der Waals surface area contributed by atoms with Crippen LogP contribution in [0.25, 0.3) is 6.08 Å². The third-order valence-electron chi connectivity index (χ3n) is 3.96. The molecule has 0 aliphatic carbocycles. The lowest BCUT2D eigenvalue weighted by Gasteiger charge is -2.17. The Balaban J connectivity index is 2.33. The van der Waals surface area contributed by atoms with Crippen LogP contribution in [0.4, 0.5) is 5.00 Å². The van der Waals surface area contributed by atoms with E-state index >= 15 is 0 Å². The molecular formula is C19H22N2O4S2. The highest BCUT2D eigenvalue weighted by Crippen LogP contribution is 2.34. The quantitative estimate of drug-likeness (QED) is 0.556. The number of amides is 2. The predicted molar refractivity (Wildman–Crippen MR) is 110 cm³/mol. The molecule has 27 heavy (non-hydrogen) atoms. The zero-order chi connectivity index (χ0) is 20.0. The van der Waals surface area contributed by atoms with E-state index in [1.165, 1.54) is 24.5 Å². The first-order chi connectivity index (χ1) is 12.9. The Morgan fingerprint density at radius 1 is 1.26 bits per heavy atom. The van der Waals surface area contributed by atoms with Crippen LogP contribution in [0.5, 0.6) is 0 Å². The highest BCUT2D eigenvalue weighted by molar-refractivity contribution is 7.18. The number of methoxy groups -OCH3 is 1. The summed E-state index contributed by atoms with van der Waals surface area (Å²) >= 11 is 2.61. The average molecular weight is 407 g/mol. The van der Waals surface area contributed by atoms with Gasteiger partial charge in [-0.1, -0.05) is 6.07 Å².